The Morgan fingerprint density at radius 3 is 2.34 bits per heavy atom. The number of carbonyl (C=O) groups excluding carboxylic acids is 1. The number of ether oxygens (including phenoxy) is 1. The Kier molecular flexibility index (Phi) is 9.04. The first-order valence-corrected chi connectivity index (χ1v) is 14.7. The molecule has 0 heterocycles. The number of nitrogens with two attached hydrogens (primary N) is 1. The van der Waals surface area contributed by atoms with Gasteiger partial charge in [-0.05, 0) is 71.3 Å². The van der Waals surface area contributed by atoms with Gasteiger partial charge in [0.15, 0.2) is 0 Å². The summed E-state index contributed by atoms with van der Waals surface area (Å²) in [5.74, 6) is 0.387. The maximum Gasteiger partial charge on any atom is 0.265 e. The summed E-state index contributed by atoms with van der Waals surface area (Å²) in [6.07, 6.45) is 4.54. The summed E-state index contributed by atoms with van der Waals surface area (Å²) < 4.78 is 31.2. The molecule has 9 heteroatoms. The van der Waals surface area contributed by atoms with Crippen LogP contribution in [0.1, 0.15) is 59.2 Å². The van der Waals surface area contributed by atoms with E-state index in [1.54, 1.807) is 18.2 Å². The SMILES string of the molecule is CS(=O)(=O)NC(=O)c1ccc(-c2ccc(OCCNC[C@H](O)c3ccc(N)cc3)cc2)cc1C1CCCC1. The lowest BCUT2D eigenvalue weighted by Crippen LogP contribution is -2.30. The van der Waals surface area contributed by atoms with Crippen molar-refractivity contribution in [3.05, 3.63) is 83.4 Å². The number of aliphatic hydroxyl groups excluding tert-OH is 1. The van der Waals surface area contributed by atoms with Gasteiger partial charge in [-0.1, -0.05) is 49.2 Å². The highest BCUT2D eigenvalue weighted by molar-refractivity contribution is 7.89. The van der Waals surface area contributed by atoms with Crippen LogP contribution < -0.4 is 20.5 Å². The minimum absolute atomic E-state index is 0.240. The summed E-state index contributed by atoms with van der Waals surface area (Å²) in [6, 6.07) is 20.5. The molecular formula is C29H35N3O5S. The third-order valence-electron chi connectivity index (χ3n) is 6.76. The third kappa shape index (κ3) is 7.56. The van der Waals surface area contributed by atoms with E-state index in [0.717, 1.165) is 59.9 Å². The zero-order valence-electron chi connectivity index (χ0n) is 21.5. The number of amides is 1. The fraction of sp³-hybridized carbons (Fsp3) is 0.345. The van der Waals surface area contributed by atoms with Gasteiger partial charge in [-0.2, -0.15) is 0 Å². The highest BCUT2D eigenvalue weighted by atomic mass is 32.2. The van der Waals surface area contributed by atoms with Gasteiger partial charge >= 0.3 is 0 Å². The number of nitrogens with one attached hydrogen (secondary N) is 2. The number of sulfonamides is 1. The summed E-state index contributed by atoms with van der Waals surface area (Å²) in [6.45, 7) is 1.44. The van der Waals surface area contributed by atoms with Crippen molar-refractivity contribution in [3.63, 3.8) is 0 Å². The molecule has 38 heavy (non-hydrogen) atoms. The van der Waals surface area contributed by atoms with E-state index >= 15 is 0 Å². The van der Waals surface area contributed by atoms with Gasteiger partial charge in [-0.3, -0.25) is 4.79 Å². The smallest absolute Gasteiger partial charge is 0.265 e. The third-order valence-corrected chi connectivity index (χ3v) is 7.32. The number of hydrogen-bond donors (Lipinski definition) is 4. The number of anilines is 1. The van der Waals surface area contributed by atoms with Gasteiger partial charge in [0.1, 0.15) is 12.4 Å². The van der Waals surface area contributed by atoms with Crippen LogP contribution in [0.3, 0.4) is 0 Å². The van der Waals surface area contributed by atoms with Gasteiger partial charge in [0, 0.05) is 24.3 Å². The zero-order chi connectivity index (χ0) is 27.1. The van der Waals surface area contributed by atoms with Crippen molar-refractivity contribution in [2.75, 3.05) is 31.7 Å². The van der Waals surface area contributed by atoms with E-state index in [4.69, 9.17) is 10.5 Å². The van der Waals surface area contributed by atoms with E-state index in [1.165, 1.54) is 0 Å². The minimum atomic E-state index is -3.64. The molecule has 0 bridgehead atoms. The molecular weight excluding hydrogens is 502 g/mol. The van der Waals surface area contributed by atoms with Crippen LogP contribution in [0.25, 0.3) is 11.1 Å². The molecule has 0 spiro atoms. The van der Waals surface area contributed by atoms with Crippen LogP contribution in [0.2, 0.25) is 0 Å². The van der Waals surface area contributed by atoms with Gasteiger partial charge in [0.05, 0.1) is 12.4 Å². The summed E-state index contributed by atoms with van der Waals surface area (Å²) in [5, 5.41) is 13.4. The Morgan fingerprint density at radius 2 is 1.68 bits per heavy atom. The summed E-state index contributed by atoms with van der Waals surface area (Å²) in [7, 11) is -3.64. The molecule has 1 saturated carbocycles. The highest BCUT2D eigenvalue weighted by Gasteiger charge is 2.24. The van der Waals surface area contributed by atoms with Crippen LogP contribution in [0.4, 0.5) is 5.69 Å². The van der Waals surface area contributed by atoms with Crippen molar-refractivity contribution in [2.24, 2.45) is 0 Å². The maximum absolute atomic E-state index is 12.7. The number of aliphatic hydroxyl groups is 1. The quantitative estimate of drug-likeness (QED) is 0.215. The van der Waals surface area contributed by atoms with E-state index in [0.29, 0.717) is 30.9 Å². The number of benzene rings is 3. The maximum atomic E-state index is 12.7. The summed E-state index contributed by atoms with van der Waals surface area (Å²) in [5.41, 5.74) is 10.4. The fourth-order valence-corrected chi connectivity index (χ4v) is 5.25. The normalized spacial score (nSPS) is 14.8. The van der Waals surface area contributed by atoms with Crippen molar-refractivity contribution in [1.82, 2.24) is 10.0 Å². The Balaban J connectivity index is 1.35. The first kappa shape index (κ1) is 27.6. The van der Waals surface area contributed by atoms with Gasteiger partial charge in [0.2, 0.25) is 10.0 Å². The van der Waals surface area contributed by atoms with Crippen molar-refractivity contribution < 1.29 is 23.1 Å². The van der Waals surface area contributed by atoms with Gasteiger partial charge < -0.3 is 20.9 Å². The molecule has 1 fully saturated rings. The van der Waals surface area contributed by atoms with E-state index in [1.807, 2.05) is 48.5 Å². The minimum Gasteiger partial charge on any atom is -0.492 e. The van der Waals surface area contributed by atoms with Gasteiger partial charge in [0.25, 0.3) is 5.91 Å². The number of hydrogen-bond acceptors (Lipinski definition) is 7. The molecule has 3 aromatic rings. The van der Waals surface area contributed by atoms with Crippen LogP contribution >= 0.6 is 0 Å². The first-order chi connectivity index (χ1) is 18.2. The molecule has 202 valence electrons. The van der Waals surface area contributed by atoms with Crippen LogP contribution in [0.5, 0.6) is 5.75 Å². The molecule has 0 unspecified atom stereocenters. The lowest BCUT2D eigenvalue weighted by Gasteiger charge is -2.17. The van der Waals surface area contributed by atoms with Crippen molar-refractivity contribution in [1.29, 1.82) is 0 Å². The number of nitrogen functional groups attached to an aromatic ring is 1. The Hall–Kier alpha value is -3.40. The highest BCUT2D eigenvalue weighted by Crippen LogP contribution is 2.38. The molecule has 8 nitrogen and oxygen atoms in total. The zero-order valence-corrected chi connectivity index (χ0v) is 22.3. The van der Waals surface area contributed by atoms with Gasteiger partial charge in [-0.25, -0.2) is 13.1 Å². The van der Waals surface area contributed by atoms with E-state index in [9.17, 15) is 18.3 Å². The van der Waals surface area contributed by atoms with Crippen molar-refractivity contribution in [3.8, 4) is 16.9 Å². The standard InChI is InChI=1S/C29H35N3O5S/c1-38(35,36)32-29(34)26-15-10-23(18-27(26)21-4-2-3-5-21)20-8-13-25(14-9-20)37-17-16-31-19-28(33)22-6-11-24(30)12-7-22/h6-15,18,21,28,31,33H,2-5,16-17,19,30H2,1H3,(H,32,34)/t28-/m0/s1. The molecule has 3 aromatic carbocycles. The topological polar surface area (TPSA) is 131 Å². The lowest BCUT2D eigenvalue weighted by molar-refractivity contribution is 0.0980. The van der Waals surface area contributed by atoms with E-state index in [-0.39, 0.29) is 5.92 Å². The van der Waals surface area contributed by atoms with Crippen LogP contribution in [-0.2, 0) is 10.0 Å². The predicted molar refractivity (Wildman–Crippen MR) is 150 cm³/mol. The second kappa shape index (κ2) is 12.4. The molecule has 5 N–H and O–H groups in total. The predicted octanol–water partition coefficient (Wildman–Crippen LogP) is 3.98. The van der Waals surface area contributed by atoms with Gasteiger partial charge in [-0.15, -0.1) is 0 Å². The number of carbonyl (C=O) groups is 1. The molecule has 1 aliphatic carbocycles. The second-order valence-corrected chi connectivity index (χ2v) is 11.5. The molecule has 0 radical (unpaired) electrons. The van der Waals surface area contributed by atoms with Crippen molar-refractivity contribution >= 4 is 21.6 Å². The molecule has 0 saturated heterocycles. The Labute approximate surface area is 224 Å². The first-order valence-electron chi connectivity index (χ1n) is 12.8. The summed E-state index contributed by atoms with van der Waals surface area (Å²) in [4.78, 5) is 12.7. The molecule has 0 aliphatic heterocycles. The average Bonchev–Trinajstić information content (AvgIpc) is 3.43. The lowest BCUT2D eigenvalue weighted by atomic mass is 9.89. The van der Waals surface area contributed by atoms with Crippen LogP contribution in [0.15, 0.2) is 66.7 Å². The summed E-state index contributed by atoms with van der Waals surface area (Å²) >= 11 is 0. The Bertz CT molecular complexity index is 1340. The second-order valence-electron chi connectivity index (χ2n) is 9.75. The molecule has 4 rings (SSSR count). The largest absolute Gasteiger partial charge is 0.492 e. The molecule has 1 aliphatic rings. The number of rotatable bonds is 11. The van der Waals surface area contributed by atoms with Crippen molar-refractivity contribution in [2.45, 2.75) is 37.7 Å². The van der Waals surface area contributed by atoms with Crippen LogP contribution in [-0.4, -0.2) is 45.4 Å². The Morgan fingerprint density at radius 1 is 1.03 bits per heavy atom. The molecule has 1 amide bonds. The average molecular weight is 538 g/mol. The van der Waals surface area contributed by atoms with Crippen LogP contribution in [0, 0.1) is 0 Å². The molecule has 1 atom stereocenters. The monoisotopic (exact) mass is 537 g/mol. The van der Waals surface area contributed by atoms with E-state index in [2.05, 4.69) is 10.0 Å². The fourth-order valence-electron chi connectivity index (χ4n) is 4.81. The molecule has 0 aromatic heterocycles. The van der Waals surface area contributed by atoms with E-state index < -0.39 is 22.0 Å².